The number of oxime groups is 1. The van der Waals surface area contributed by atoms with Crippen molar-refractivity contribution >= 4 is 28.0 Å². The van der Waals surface area contributed by atoms with E-state index in [-0.39, 0.29) is 0 Å². The Hall–Kier alpha value is -2.93. The molecule has 24 heavy (non-hydrogen) atoms. The number of methoxy groups -OCH3 is 2. The van der Waals surface area contributed by atoms with E-state index in [1.807, 2.05) is 18.2 Å². The van der Waals surface area contributed by atoms with Gasteiger partial charge in [-0.3, -0.25) is 4.98 Å². The van der Waals surface area contributed by atoms with Crippen LogP contribution in [0.15, 0.2) is 35.6 Å². The quantitative estimate of drug-likeness (QED) is 0.246. The smallest absolute Gasteiger partial charge is 0.134 e. The van der Waals surface area contributed by atoms with Crippen molar-refractivity contribution in [2.45, 2.75) is 0 Å². The minimum Gasteiger partial charge on any atom is -0.496 e. The van der Waals surface area contributed by atoms with E-state index in [9.17, 15) is 0 Å². The lowest BCUT2D eigenvalue weighted by Gasteiger charge is -2.14. The molecule has 1 aromatic carbocycles. The van der Waals surface area contributed by atoms with Crippen molar-refractivity contribution in [3.05, 3.63) is 36.2 Å². The fraction of sp³-hybridized carbons (Fsp3) is 0.235. The zero-order valence-electron chi connectivity index (χ0n) is 13.4. The molecule has 0 bridgehead atoms. The lowest BCUT2D eigenvalue weighted by Crippen LogP contribution is -2.06. The van der Waals surface area contributed by atoms with Crippen LogP contribution in [0.1, 0.15) is 5.69 Å². The van der Waals surface area contributed by atoms with Crippen molar-refractivity contribution in [3.8, 4) is 11.5 Å². The van der Waals surface area contributed by atoms with Gasteiger partial charge in [0.15, 0.2) is 0 Å². The second-order valence-corrected chi connectivity index (χ2v) is 5.01. The summed E-state index contributed by atoms with van der Waals surface area (Å²) in [5.74, 6) is 1.20. The molecule has 2 aromatic heterocycles. The number of hydrogen-bond donors (Lipinski definition) is 1. The first kappa shape index (κ1) is 15.9. The van der Waals surface area contributed by atoms with Crippen LogP contribution in [0.5, 0.6) is 11.5 Å². The molecule has 0 radical (unpaired) electrons. The largest absolute Gasteiger partial charge is 0.496 e. The molecule has 0 aliphatic heterocycles. The Morgan fingerprint density at radius 1 is 1.17 bits per heavy atom. The fourth-order valence-corrected chi connectivity index (χ4v) is 2.53. The molecular weight excluding hydrogens is 310 g/mol. The number of ether oxygens (including phenoxy) is 3. The van der Waals surface area contributed by atoms with Crippen LogP contribution in [0, 0.1) is 0 Å². The Labute approximate surface area is 138 Å². The normalized spacial score (nSPS) is 11.4. The fourth-order valence-electron chi connectivity index (χ4n) is 2.53. The Morgan fingerprint density at radius 3 is 2.79 bits per heavy atom. The number of benzene rings is 1. The molecule has 0 saturated carbocycles. The number of fused-ring (bicyclic) bond motifs is 3. The highest BCUT2D eigenvalue weighted by Crippen LogP contribution is 2.37. The van der Waals surface area contributed by atoms with Gasteiger partial charge in [0.1, 0.15) is 23.6 Å². The van der Waals surface area contributed by atoms with E-state index in [0.29, 0.717) is 35.9 Å². The summed E-state index contributed by atoms with van der Waals surface area (Å²) in [6.07, 6.45) is 2.95. The maximum atomic E-state index is 8.80. The highest BCUT2D eigenvalue weighted by atomic mass is 16.5. The zero-order chi connectivity index (χ0) is 16.9. The molecule has 3 rings (SSSR count). The third kappa shape index (κ3) is 2.93. The average molecular weight is 327 g/mol. The SMILES string of the molecule is COCCOc1cc2cccnc2c2nc(/C=N\O)cc(OC)c12. The first-order chi connectivity index (χ1) is 11.8. The van der Waals surface area contributed by atoms with Crippen molar-refractivity contribution in [1.82, 2.24) is 9.97 Å². The van der Waals surface area contributed by atoms with Crippen LogP contribution in [0.4, 0.5) is 0 Å². The first-order valence-electron chi connectivity index (χ1n) is 7.34. The third-order valence-electron chi connectivity index (χ3n) is 3.55. The molecule has 0 spiro atoms. The van der Waals surface area contributed by atoms with Gasteiger partial charge in [0.2, 0.25) is 0 Å². The molecule has 0 unspecified atom stereocenters. The Morgan fingerprint density at radius 2 is 2.04 bits per heavy atom. The lowest BCUT2D eigenvalue weighted by atomic mass is 10.1. The number of rotatable bonds is 6. The third-order valence-corrected chi connectivity index (χ3v) is 3.55. The number of nitrogens with zero attached hydrogens (tertiary/aromatic N) is 3. The molecule has 0 aliphatic carbocycles. The molecule has 0 aliphatic rings. The van der Waals surface area contributed by atoms with E-state index in [4.69, 9.17) is 19.4 Å². The van der Waals surface area contributed by atoms with Crippen LogP contribution in [0.2, 0.25) is 0 Å². The van der Waals surface area contributed by atoms with Crippen LogP contribution in [-0.2, 0) is 4.74 Å². The van der Waals surface area contributed by atoms with E-state index in [2.05, 4.69) is 15.1 Å². The number of hydrogen-bond acceptors (Lipinski definition) is 7. The topological polar surface area (TPSA) is 86.1 Å². The molecule has 2 heterocycles. The summed E-state index contributed by atoms with van der Waals surface area (Å²) in [5, 5.41) is 13.5. The van der Waals surface area contributed by atoms with Crippen molar-refractivity contribution in [3.63, 3.8) is 0 Å². The van der Waals surface area contributed by atoms with E-state index in [0.717, 1.165) is 16.3 Å². The predicted octanol–water partition coefficient (Wildman–Crippen LogP) is 2.62. The Kier molecular flexibility index (Phi) is 4.72. The molecule has 0 fully saturated rings. The van der Waals surface area contributed by atoms with Gasteiger partial charge in [-0.15, -0.1) is 0 Å². The van der Waals surface area contributed by atoms with Crippen LogP contribution in [0.25, 0.3) is 21.8 Å². The van der Waals surface area contributed by atoms with Gasteiger partial charge < -0.3 is 19.4 Å². The molecule has 0 amide bonds. The van der Waals surface area contributed by atoms with Crippen LogP contribution in [-0.4, -0.2) is 48.8 Å². The van der Waals surface area contributed by atoms with Crippen LogP contribution >= 0.6 is 0 Å². The maximum absolute atomic E-state index is 8.80. The van der Waals surface area contributed by atoms with Gasteiger partial charge >= 0.3 is 0 Å². The van der Waals surface area contributed by atoms with E-state index >= 15 is 0 Å². The van der Waals surface area contributed by atoms with Gasteiger partial charge in [0.05, 0.1) is 36.5 Å². The summed E-state index contributed by atoms with van der Waals surface area (Å²) in [7, 11) is 3.19. The van der Waals surface area contributed by atoms with Crippen molar-refractivity contribution < 1.29 is 19.4 Å². The van der Waals surface area contributed by atoms with Crippen LogP contribution < -0.4 is 9.47 Å². The standard InChI is InChI=1S/C17H17N3O4/c1-22-6-7-24-14-8-11-4-3-5-18-16(11)17-15(14)13(23-2)9-12(20-17)10-19-21/h3-5,8-10,21H,6-7H2,1-2H3/b19-10-. The summed E-state index contributed by atoms with van der Waals surface area (Å²) >= 11 is 0. The van der Waals surface area contributed by atoms with Gasteiger partial charge in [-0.05, 0) is 12.1 Å². The second kappa shape index (κ2) is 7.10. The van der Waals surface area contributed by atoms with E-state index in [1.165, 1.54) is 6.21 Å². The van der Waals surface area contributed by atoms with Crippen LogP contribution in [0.3, 0.4) is 0 Å². The molecule has 0 atom stereocenters. The molecular formula is C17H17N3O4. The molecule has 7 nitrogen and oxygen atoms in total. The van der Waals surface area contributed by atoms with Gasteiger partial charge in [-0.1, -0.05) is 11.2 Å². The van der Waals surface area contributed by atoms with Crippen molar-refractivity contribution in [1.29, 1.82) is 0 Å². The van der Waals surface area contributed by atoms with Crippen molar-refractivity contribution in [2.24, 2.45) is 5.16 Å². The van der Waals surface area contributed by atoms with Gasteiger partial charge in [0.25, 0.3) is 0 Å². The van der Waals surface area contributed by atoms with E-state index in [1.54, 1.807) is 26.5 Å². The molecule has 3 aromatic rings. The van der Waals surface area contributed by atoms with Gasteiger partial charge in [-0.25, -0.2) is 4.98 Å². The molecule has 1 N–H and O–H groups in total. The van der Waals surface area contributed by atoms with Gasteiger partial charge in [0, 0.05) is 24.8 Å². The monoisotopic (exact) mass is 327 g/mol. The van der Waals surface area contributed by atoms with Crippen molar-refractivity contribution in [2.75, 3.05) is 27.4 Å². The molecule has 0 saturated heterocycles. The average Bonchev–Trinajstić information content (AvgIpc) is 2.61. The first-order valence-corrected chi connectivity index (χ1v) is 7.34. The number of pyridine rings is 2. The maximum Gasteiger partial charge on any atom is 0.134 e. The van der Waals surface area contributed by atoms with Gasteiger partial charge in [-0.2, -0.15) is 0 Å². The minimum absolute atomic E-state index is 0.403. The summed E-state index contributed by atoms with van der Waals surface area (Å²) in [5.41, 5.74) is 1.80. The molecule has 124 valence electrons. The predicted molar refractivity (Wildman–Crippen MR) is 90.3 cm³/mol. The highest BCUT2D eigenvalue weighted by Gasteiger charge is 2.16. The Bertz CT molecular complexity index is 896. The number of aromatic nitrogens is 2. The molecule has 7 heteroatoms. The highest BCUT2D eigenvalue weighted by molar-refractivity contribution is 6.09. The summed E-state index contributed by atoms with van der Waals surface area (Å²) in [6.45, 7) is 0.873. The zero-order valence-corrected chi connectivity index (χ0v) is 13.4. The minimum atomic E-state index is 0.403. The Balaban J connectivity index is 2.31. The summed E-state index contributed by atoms with van der Waals surface area (Å²) < 4.78 is 16.4. The summed E-state index contributed by atoms with van der Waals surface area (Å²) in [6, 6.07) is 7.37. The van der Waals surface area contributed by atoms with E-state index < -0.39 is 0 Å². The second-order valence-electron chi connectivity index (χ2n) is 5.01. The summed E-state index contributed by atoms with van der Waals surface area (Å²) in [4.78, 5) is 8.95. The lowest BCUT2D eigenvalue weighted by molar-refractivity contribution is 0.147.